The van der Waals surface area contributed by atoms with Crippen molar-refractivity contribution in [2.75, 3.05) is 13.1 Å². The molecule has 3 aromatic rings. The van der Waals surface area contributed by atoms with Gasteiger partial charge in [0, 0.05) is 30.1 Å². The molecule has 1 unspecified atom stereocenters. The Morgan fingerprint density at radius 3 is 2.45 bits per heavy atom. The number of alkyl halides is 3. The molecule has 3 aliphatic heterocycles. The van der Waals surface area contributed by atoms with Crippen LogP contribution in [0.2, 0.25) is 0 Å². The molecule has 0 spiro atoms. The molecule has 1 atom stereocenters. The average molecular weight is 573 g/mol. The highest BCUT2D eigenvalue weighted by Crippen LogP contribution is 2.34. The number of benzene rings is 1. The lowest BCUT2D eigenvalue weighted by Gasteiger charge is -2.31. The van der Waals surface area contributed by atoms with Gasteiger partial charge in [-0.3, -0.25) is 24.5 Å². The first-order valence-corrected chi connectivity index (χ1v) is 13.4. The van der Waals surface area contributed by atoms with Gasteiger partial charge in [-0.2, -0.15) is 18.3 Å². The molecule has 208 valence electrons. The molecule has 1 N–H and O–H groups in total. The topological polar surface area (TPSA) is 110 Å². The summed E-state index contributed by atoms with van der Waals surface area (Å²) in [6, 6.07) is 7.55. The largest absolute Gasteiger partial charge is 0.435 e. The Kier molecular flexibility index (Phi) is 6.45. The molecule has 1 saturated heterocycles. The van der Waals surface area contributed by atoms with E-state index in [4.69, 9.17) is 9.82 Å². The van der Waals surface area contributed by atoms with Crippen LogP contribution in [0, 0.1) is 6.92 Å². The Balaban J connectivity index is 1.06. The summed E-state index contributed by atoms with van der Waals surface area (Å²) in [6.45, 7) is 2.15. The molecule has 0 radical (unpaired) electrons. The van der Waals surface area contributed by atoms with E-state index in [1.807, 2.05) is 5.38 Å². The second kappa shape index (κ2) is 9.86. The number of fused-ring (bicyclic) bond motifs is 1. The molecular weight excluding hydrogens is 549 g/mol. The molecule has 5 heterocycles. The fourth-order valence-electron chi connectivity index (χ4n) is 5.05. The Hall–Kier alpha value is -4.04. The first kappa shape index (κ1) is 26.2. The van der Waals surface area contributed by atoms with Crippen molar-refractivity contribution in [3.63, 3.8) is 0 Å². The molecule has 1 fully saturated rings. The smallest absolute Gasteiger partial charge is 0.341 e. The molecule has 3 amide bonds. The van der Waals surface area contributed by atoms with Crippen molar-refractivity contribution in [2.45, 2.75) is 44.6 Å². The lowest BCUT2D eigenvalue weighted by Crippen LogP contribution is -2.40. The zero-order valence-corrected chi connectivity index (χ0v) is 22.0. The van der Waals surface area contributed by atoms with Gasteiger partial charge in [0.1, 0.15) is 6.54 Å². The van der Waals surface area contributed by atoms with E-state index in [1.54, 1.807) is 35.2 Å². The van der Waals surface area contributed by atoms with Gasteiger partial charge in [0.25, 0.3) is 11.8 Å². The lowest BCUT2D eigenvalue weighted by molar-refractivity contribution is -0.142. The number of aryl methyl sites for hydroxylation is 1. The maximum atomic E-state index is 12.9. The molecule has 0 aliphatic carbocycles. The summed E-state index contributed by atoms with van der Waals surface area (Å²) in [5, 5.41) is 6.28. The number of hydrogen-bond acceptors (Lipinski definition) is 8. The zero-order chi connectivity index (χ0) is 28.2. The van der Waals surface area contributed by atoms with Crippen LogP contribution < -0.4 is 5.48 Å². The summed E-state index contributed by atoms with van der Waals surface area (Å²) < 4.78 is 39.9. The minimum Gasteiger partial charge on any atom is -0.341 e. The molecule has 3 aliphatic rings. The molecule has 0 bridgehead atoms. The highest BCUT2D eigenvalue weighted by Gasteiger charge is 2.42. The van der Waals surface area contributed by atoms with Crippen LogP contribution in [0.25, 0.3) is 5.70 Å². The second-order valence-electron chi connectivity index (χ2n) is 9.77. The number of rotatable bonds is 5. The van der Waals surface area contributed by atoms with Crippen LogP contribution in [0.3, 0.4) is 0 Å². The third kappa shape index (κ3) is 4.66. The fraction of sp³-hybridized carbons (Fsp3) is 0.346. The Bertz CT molecular complexity index is 1500. The minimum absolute atomic E-state index is 0.112. The van der Waals surface area contributed by atoms with Crippen molar-refractivity contribution in [2.24, 2.45) is 0 Å². The number of aromatic nitrogens is 3. The van der Waals surface area contributed by atoms with E-state index in [0.717, 1.165) is 20.7 Å². The van der Waals surface area contributed by atoms with Crippen molar-refractivity contribution in [3.05, 3.63) is 75.0 Å². The van der Waals surface area contributed by atoms with Crippen LogP contribution >= 0.6 is 11.3 Å². The van der Waals surface area contributed by atoms with Crippen molar-refractivity contribution in [1.82, 2.24) is 30.0 Å². The molecule has 14 heteroatoms. The number of halogens is 3. The van der Waals surface area contributed by atoms with Crippen LogP contribution in [0.5, 0.6) is 0 Å². The van der Waals surface area contributed by atoms with Crippen LogP contribution in [-0.2, 0) is 22.4 Å². The molecular formula is C26H23F3N6O4S. The number of nitrogens with zero attached hydrogens (tertiary/aromatic N) is 5. The van der Waals surface area contributed by atoms with E-state index < -0.39 is 29.9 Å². The minimum atomic E-state index is -4.56. The lowest BCUT2D eigenvalue weighted by atomic mass is 9.97. The van der Waals surface area contributed by atoms with Crippen LogP contribution in [0.4, 0.5) is 13.2 Å². The highest BCUT2D eigenvalue weighted by molar-refractivity contribution is 7.09. The summed E-state index contributed by atoms with van der Waals surface area (Å²) in [6.07, 6.45) is -2.51. The number of likely N-dealkylation sites (tertiary alicyclic amines) is 1. The summed E-state index contributed by atoms with van der Waals surface area (Å²) in [7, 11) is 0. The Morgan fingerprint density at radius 1 is 1.15 bits per heavy atom. The summed E-state index contributed by atoms with van der Waals surface area (Å²) >= 11 is 1.47. The number of imide groups is 1. The van der Waals surface area contributed by atoms with Gasteiger partial charge >= 0.3 is 6.18 Å². The molecule has 40 heavy (non-hydrogen) atoms. The van der Waals surface area contributed by atoms with Gasteiger partial charge in [0.05, 0.1) is 27.5 Å². The van der Waals surface area contributed by atoms with Gasteiger partial charge in [-0.1, -0.05) is 12.1 Å². The summed E-state index contributed by atoms with van der Waals surface area (Å²) in [4.78, 5) is 51.2. The number of amides is 3. The second-order valence-corrected chi connectivity index (χ2v) is 10.7. The first-order valence-electron chi connectivity index (χ1n) is 12.6. The van der Waals surface area contributed by atoms with E-state index in [0.29, 0.717) is 48.4 Å². The highest BCUT2D eigenvalue weighted by atomic mass is 32.1. The number of hydroxylamine groups is 1. The van der Waals surface area contributed by atoms with Crippen LogP contribution in [-0.4, -0.2) is 61.6 Å². The number of hydrogen-bond donors (Lipinski definition) is 1. The van der Waals surface area contributed by atoms with E-state index in [1.165, 1.54) is 18.3 Å². The Morgan fingerprint density at radius 2 is 1.82 bits per heavy atom. The normalized spacial score (nSPS) is 19.7. The van der Waals surface area contributed by atoms with E-state index in [9.17, 15) is 27.6 Å². The van der Waals surface area contributed by atoms with Crippen molar-refractivity contribution in [3.8, 4) is 0 Å². The van der Waals surface area contributed by atoms with Gasteiger partial charge < -0.3 is 4.90 Å². The number of piperidine rings is 1. The predicted molar refractivity (Wildman–Crippen MR) is 136 cm³/mol. The number of carbonyl (C=O) groups is 3. The van der Waals surface area contributed by atoms with Crippen molar-refractivity contribution in [1.29, 1.82) is 0 Å². The molecule has 10 nitrogen and oxygen atoms in total. The van der Waals surface area contributed by atoms with E-state index in [-0.39, 0.29) is 24.1 Å². The predicted octanol–water partition coefficient (Wildman–Crippen LogP) is 3.57. The maximum Gasteiger partial charge on any atom is 0.435 e. The van der Waals surface area contributed by atoms with E-state index >= 15 is 0 Å². The Labute approximate surface area is 230 Å². The van der Waals surface area contributed by atoms with Gasteiger partial charge in [0.2, 0.25) is 5.91 Å². The quantitative estimate of drug-likeness (QED) is 0.466. The van der Waals surface area contributed by atoms with E-state index in [2.05, 4.69) is 10.6 Å². The molecule has 6 rings (SSSR count). The molecule has 1 aromatic carbocycles. The first-order chi connectivity index (χ1) is 19.1. The fourth-order valence-corrected chi connectivity index (χ4v) is 6.04. The average Bonchev–Trinajstić information content (AvgIpc) is 3.72. The van der Waals surface area contributed by atoms with Gasteiger partial charge in [-0.25, -0.2) is 14.7 Å². The van der Waals surface area contributed by atoms with Gasteiger partial charge in [0.15, 0.2) is 11.9 Å². The zero-order valence-electron chi connectivity index (χ0n) is 21.1. The number of nitrogens with one attached hydrogen (secondary N) is 1. The third-order valence-electron chi connectivity index (χ3n) is 7.23. The molecule has 2 aromatic heterocycles. The number of thiazole rings is 1. The van der Waals surface area contributed by atoms with Crippen LogP contribution in [0.1, 0.15) is 61.6 Å². The number of carbonyl (C=O) groups excluding carboxylic acids is 3. The van der Waals surface area contributed by atoms with Crippen molar-refractivity contribution >= 4 is 34.8 Å². The standard InChI is InChI=1S/C26H23F3N6O4S/c1-14-10-20(26(27,28)29)31-34(14)12-21(36)33-8-6-15(7-9-33)23-30-19(13-40-23)18-11-22(39-32-18)35-24(37)16-4-2-3-5-17(16)25(35)38/h2-5,10-11,13,15,22,32H,6-9,12H2,1H3. The summed E-state index contributed by atoms with van der Waals surface area (Å²) in [5.41, 5.74) is 3.87. The SMILES string of the molecule is Cc1cc(C(F)(F)F)nn1CC(=O)N1CCC(c2nc(C3=CC(N4C(=O)c5ccccc5C4=O)ON3)cs2)CC1. The third-order valence-corrected chi connectivity index (χ3v) is 8.24. The van der Waals surface area contributed by atoms with Crippen LogP contribution in [0.15, 0.2) is 41.8 Å². The van der Waals surface area contributed by atoms with Gasteiger partial charge in [-0.05, 0) is 44.0 Å². The summed E-state index contributed by atoms with van der Waals surface area (Å²) in [5.74, 6) is -1.02. The molecule has 0 saturated carbocycles. The maximum absolute atomic E-state index is 12.9. The van der Waals surface area contributed by atoms with Crippen molar-refractivity contribution < 1.29 is 32.4 Å². The van der Waals surface area contributed by atoms with Gasteiger partial charge in [-0.15, -0.1) is 11.3 Å². The monoisotopic (exact) mass is 572 g/mol.